The van der Waals surface area contributed by atoms with E-state index in [-0.39, 0.29) is 12.6 Å². The molecule has 9 heteroatoms. The fraction of sp³-hybridized carbons (Fsp3) is 0.150. The normalized spacial score (nSPS) is 10.8. The molecule has 1 aromatic carbocycles. The zero-order valence-corrected chi connectivity index (χ0v) is 16.0. The molecular formula is C20H19N7O2. The third-order valence-corrected chi connectivity index (χ3v) is 4.54. The highest BCUT2D eigenvalue weighted by Crippen LogP contribution is 2.29. The highest BCUT2D eigenvalue weighted by atomic mass is 16.5. The van der Waals surface area contributed by atoms with E-state index < -0.39 is 0 Å². The van der Waals surface area contributed by atoms with Crippen LogP contribution in [-0.2, 0) is 13.7 Å². The Kier molecular flexibility index (Phi) is 4.78. The van der Waals surface area contributed by atoms with Gasteiger partial charge in [-0.1, -0.05) is 6.07 Å². The van der Waals surface area contributed by atoms with Gasteiger partial charge in [0, 0.05) is 42.0 Å². The van der Waals surface area contributed by atoms with Crippen LogP contribution in [0.4, 0.5) is 0 Å². The number of carbonyl (C=O) groups is 1. The average molecular weight is 389 g/mol. The molecule has 0 aliphatic heterocycles. The van der Waals surface area contributed by atoms with Gasteiger partial charge in [-0.25, -0.2) is 4.98 Å². The van der Waals surface area contributed by atoms with Gasteiger partial charge in [0.25, 0.3) is 5.91 Å². The minimum atomic E-state index is -0.293. The molecule has 0 unspecified atom stereocenters. The number of carbonyl (C=O) groups excluding carboxylic acids is 1. The number of hydrogen-bond donors (Lipinski definition) is 2. The molecular weight excluding hydrogens is 370 g/mol. The summed E-state index contributed by atoms with van der Waals surface area (Å²) in [5.74, 6) is 0.806. The highest BCUT2D eigenvalue weighted by molar-refractivity contribution is 6.10. The molecule has 0 fully saturated rings. The van der Waals surface area contributed by atoms with Crippen LogP contribution in [0.25, 0.3) is 10.9 Å². The topological polar surface area (TPSA) is 111 Å². The second kappa shape index (κ2) is 7.55. The predicted molar refractivity (Wildman–Crippen MR) is 107 cm³/mol. The lowest BCUT2D eigenvalue weighted by Crippen LogP contribution is -2.28. The molecule has 3 aromatic heterocycles. The van der Waals surface area contributed by atoms with Crippen LogP contribution in [0.3, 0.4) is 0 Å². The number of fused-ring (bicyclic) bond motifs is 1. The van der Waals surface area contributed by atoms with Crippen LogP contribution in [-0.4, -0.2) is 36.4 Å². The number of rotatable bonds is 6. The number of hydrogen-bond acceptors (Lipinski definition) is 6. The molecule has 146 valence electrons. The van der Waals surface area contributed by atoms with E-state index >= 15 is 0 Å². The van der Waals surface area contributed by atoms with Gasteiger partial charge in [-0.3, -0.25) is 4.79 Å². The Labute approximate surface area is 166 Å². The van der Waals surface area contributed by atoms with E-state index in [1.165, 1.54) is 18.9 Å². The molecule has 2 N–H and O–H groups in total. The standard InChI is InChI=1S/C20H19N7O2/c1-13-4-3-5-18(25-13)29-14-6-7-15-16(9-21)19(26(2)17(15)8-14)20(28)22-10-27-11-23-24-12-27/h3-9,11-12,21H,10H2,1-2H3,(H,22,28). The number of aryl methyl sites for hydroxylation is 2. The summed E-state index contributed by atoms with van der Waals surface area (Å²) in [7, 11) is 1.79. The largest absolute Gasteiger partial charge is 0.439 e. The summed E-state index contributed by atoms with van der Waals surface area (Å²) in [6, 6.07) is 11.0. The maximum atomic E-state index is 12.8. The van der Waals surface area contributed by atoms with Crippen LogP contribution < -0.4 is 10.1 Å². The van der Waals surface area contributed by atoms with Gasteiger partial charge < -0.3 is 24.6 Å². The minimum Gasteiger partial charge on any atom is -0.439 e. The lowest BCUT2D eigenvalue weighted by atomic mass is 10.1. The fourth-order valence-electron chi connectivity index (χ4n) is 3.18. The van der Waals surface area contributed by atoms with Crippen LogP contribution in [0.1, 0.15) is 21.7 Å². The van der Waals surface area contributed by atoms with Crippen LogP contribution in [0.5, 0.6) is 11.6 Å². The van der Waals surface area contributed by atoms with Gasteiger partial charge >= 0.3 is 0 Å². The average Bonchev–Trinajstić information content (AvgIpc) is 3.32. The number of benzene rings is 1. The van der Waals surface area contributed by atoms with Crippen molar-refractivity contribution in [2.75, 3.05) is 0 Å². The molecule has 3 heterocycles. The van der Waals surface area contributed by atoms with Gasteiger partial charge in [-0.05, 0) is 25.1 Å². The van der Waals surface area contributed by atoms with Crippen LogP contribution in [0, 0.1) is 12.3 Å². The van der Waals surface area contributed by atoms with Crippen molar-refractivity contribution in [2.45, 2.75) is 13.6 Å². The summed E-state index contributed by atoms with van der Waals surface area (Å²) in [6.07, 6.45) is 4.23. The van der Waals surface area contributed by atoms with E-state index in [1.54, 1.807) is 28.3 Å². The highest BCUT2D eigenvalue weighted by Gasteiger charge is 2.20. The van der Waals surface area contributed by atoms with E-state index in [4.69, 9.17) is 10.1 Å². The first-order chi connectivity index (χ1) is 14.1. The Bertz CT molecular complexity index is 1200. The molecule has 29 heavy (non-hydrogen) atoms. The number of nitrogens with one attached hydrogen (secondary N) is 2. The summed E-state index contributed by atoms with van der Waals surface area (Å²) in [6.45, 7) is 2.13. The molecule has 0 atom stereocenters. The lowest BCUT2D eigenvalue weighted by Gasteiger charge is -2.08. The molecule has 0 saturated heterocycles. The summed E-state index contributed by atoms with van der Waals surface area (Å²) in [4.78, 5) is 17.1. The zero-order chi connectivity index (χ0) is 20.4. The molecule has 4 aromatic rings. The summed E-state index contributed by atoms with van der Waals surface area (Å²) in [5, 5.41) is 18.8. The van der Waals surface area contributed by atoms with E-state index in [9.17, 15) is 4.79 Å². The Hall–Kier alpha value is -4.01. The monoisotopic (exact) mass is 389 g/mol. The first kappa shape index (κ1) is 18.4. The van der Waals surface area contributed by atoms with Gasteiger partial charge in [0.15, 0.2) is 0 Å². The Morgan fingerprint density at radius 2 is 2.03 bits per heavy atom. The van der Waals surface area contributed by atoms with E-state index in [1.807, 2.05) is 31.2 Å². The van der Waals surface area contributed by atoms with Crippen molar-refractivity contribution in [3.63, 3.8) is 0 Å². The van der Waals surface area contributed by atoms with Crippen molar-refractivity contribution < 1.29 is 9.53 Å². The van der Waals surface area contributed by atoms with Crippen LogP contribution in [0.2, 0.25) is 0 Å². The quantitative estimate of drug-likeness (QED) is 0.493. The molecule has 0 aliphatic carbocycles. The third-order valence-electron chi connectivity index (χ3n) is 4.54. The SMILES string of the molecule is Cc1cccc(Oc2ccc3c(C=N)c(C(=O)NCn4cnnc4)n(C)c3c2)n1. The molecule has 4 rings (SSSR count). The lowest BCUT2D eigenvalue weighted by molar-refractivity contribution is 0.0934. The Morgan fingerprint density at radius 3 is 2.76 bits per heavy atom. The zero-order valence-electron chi connectivity index (χ0n) is 16.0. The molecule has 0 spiro atoms. The number of aromatic nitrogens is 5. The number of amides is 1. The van der Waals surface area contributed by atoms with Crippen molar-refractivity contribution in [3.8, 4) is 11.6 Å². The van der Waals surface area contributed by atoms with Crippen LogP contribution in [0.15, 0.2) is 49.1 Å². The second-order valence-corrected chi connectivity index (χ2v) is 6.50. The van der Waals surface area contributed by atoms with Crippen molar-refractivity contribution in [1.29, 1.82) is 5.41 Å². The van der Waals surface area contributed by atoms with Crippen molar-refractivity contribution >= 4 is 23.0 Å². The molecule has 0 bridgehead atoms. The first-order valence-electron chi connectivity index (χ1n) is 8.92. The van der Waals surface area contributed by atoms with Gasteiger partial charge in [0.05, 0.1) is 12.2 Å². The number of pyridine rings is 1. The van der Waals surface area contributed by atoms with Crippen molar-refractivity contribution in [3.05, 3.63) is 66.0 Å². The van der Waals surface area contributed by atoms with E-state index in [0.29, 0.717) is 22.9 Å². The molecule has 0 radical (unpaired) electrons. The fourth-order valence-corrected chi connectivity index (χ4v) is 3.18. The molecule has 0 saturated carbocycles. The number of ether oxygens (including phenoxy) is 1. The maximum Gasteiger partial charge on any atom is 0.270 e. The number of nitrogens with zero attached hydrogens (tertiary/aromatic N) is 5. The van der Waals surface area contributed by atoms with E-state index in [0.717, 1.165) is 16.6 Å². The Balaban J connectivity index is 1.67. The molecule has 1 amide bonds. The summed E-state index contributed by atoms with van der Waals surface area (Å²) < 4.78 is 9.26. The molecule has 0 aliphatic rings. The van der Waals surface area contributed by atoms with Crippen molar-refractivity contribution in [1.82, 2.24) is 29.6 Å². The first-order valence-corrected chi connectivity index (χ1v) is 8.92. The van der Waals surface area contributed by atoms with E-state index in [2.05, 4.69) is 20.5 Å². The van der Waals surface area contributed by atoms with Crippen LogP contribution >= 0.6 is 0 Å². The second-order valence-electron chi connectivity index (χ2n) is 6.50. The summed E-state index contributed by atoms with van der Waals surface area (Å²) >= 11 is 0. The smallest absolute Gasteiger partial charge is 0.270 e. The van der Waals surface area contributed by atoms with Gasteiger partial charge in [-0.2, -0.15) is 0 Å². The maximum absolute atomic E-state index is 12.8. The third kappa shape index (κ3) is 3.57. The van der Waals surface area contributed by atoms with Gasteiger partial charge in [-0.15, -0.1) is 10.2 Å². The minimum absolute atomic E-state index is 0.234. The van der Waals surface area contributed by atoms with Gasteiger partial charge in [0.2, 0.25) is 5.88 Å². The predicted octanol–water partition coefficient (Wildman–Crippen LogP) is 2.65. The van der Waals surface area contributed by atoms with Crippen molar-refractivity contribution in [2.24, 2.45) is 7.05 Å². The summed E-state index contributed by atoms with van der Waals surface area (Å²) in [5.41, 5.74) is 2.58. The van der Waals surface area contributed by atoms with Gasteiger partial charge in [0.1, 0.15) is 24.1 Å². The molecule has 9 nitrogen and oxygen atoms in total. The Morgan fingerprint density at radius 1 is 1.24 bits per heavy atom.